The van der Waals surface area contributed by atoms with Crippen molar-refractivity contribution in [3.05, 3.63) is 119 Å². The van der Waals surface area contributed by atoms with Crippen LogP contribution in [0.5, 0.6) is 0 Å². The minimum Gasteiger partial charge on any atom is -0.396 e. The molecule has 5 heteroatoms. The second-order valence-electron chi connectivity index (χ2n) is 8.13. The monoisotopic (exact) mass is 440 g/mol. The molecule has 0 fully saturated rings. The van der Waals surface area contributed by atoms with Crippen LogP contribution in [-0.2, 0) is 0 Å². The molecule has 0 aliphatic rings. The first-order valence-electron chi connectivity index (χ1n) is 11.0. The second kappa shape index (κ2) is 7.98. The fourth-order valence-electron chi connectivity index (χ4n) is 4.43. The van der Waals surface area contributed by atoms with Crippen molar-refractivity contribution in [3.8, 4) is 5.69 Å². The van der Waals surface area contributed by atoms with Crippen LogP contribution >= 0.6 is 0 Å². The van der Waals surface area contributed by atoms with Crippen LogP contribution in [0.15, 0.2) is 124 Å². The summed E-state index contributed by atoms with van der Waals surface area (Å²) in [4.78, 5) is 13.0. The van der Waals surface area contributed by atoms with Gasteiger partial charge in [-0.25, -0.2) is 0 Å². The topological polar surface area (TPSA) is 72.7 Å². The number of rotatable bonds is 3. The summed E-state index contributed by atoms with van der Waals surface area (Å²) in [6.07, 6.45) is 0. The summed E-state index contributed by atoms with van der Waals surface area (Å²) >= 11 is 0. The predicted molar refractivity (Wildman–Crippen MR) is 140 cm³/mol. The van der Waals surface area contributed by atoms with Crippen LogP contribution in [0.25, 0.3) is 38.3 Å². The standard InChI is InChI=1S/C29H20N4O/c30-28-22-8-2-1-7-19(22)13-18-25(28)32-31-20-14-16-21(17-15-20)33-26-11-5-3-9-23(26)29(34)24-10-4-6-12-27(24)33/h1-18H,30H2. The number of fused-ring (bicyclic) bond motifs is 3. The third kappa shape index (κ3) is 3.22. The smallest absolute Gasteiger partial charge is 0.197 e. The molecule has 1 aromatic heterocycles. The van der Waals surface area contributed by atoms with Gasteiger partial charge in [0.2, 0.25) is 0 Å². The summed E-state index contributed by atoms with van der Waals surface area (Å²) < 4.78 is 2.11. The first-order valence-corrected chi connectivity index (χ1v) is 11.0. The minimum absolute atomic E-state index is 0.0424. The van der Waals surface area contributed by atoms with Crippen molar-refractivity contribution in [2.24, 2.45) is 10.2 Å². The highest BCUT2D eigenvalue weighted by Gasteiger charge is 2.11. The summed E-state index contributed by atoms with van der Waals surface area (Å²) in [6.45, 7) is 0. The van der Waals surface area contributed by atoms with Crippen LogP contribution < -0.4 is 11.2 Å². The first-order chi connectivity index (χ1) is 16.7. The molecule has 0 radical (unpaired) electrons. The Hall–Kier alpha value is -4.77. The molecule has 6 aromatic rings. The first kappa shape index (κ1) is 19.9. The molecule has 0 amide bonds. The average molecular weight is 441 g/mol. The van der Waals surface area contributed by atoms with E-state index in [1.165, 1.54) is 0 Å². The average Bonchev–Trinajstić information content (AvgIpc) is 2.89. The Morgan fingerprint density at radius 3 is 1.85 bits per heavy atom. The molecule has 0 spiro atoms. The fraction of sp³-hybridized carbons (Fsp3) is 0. The Morgan fingerprint density at radius 2 is 1.18 bits per heavy atom. The number of nitrogens with zero attached hydrogens (tertiary/aromatic N) is 3. The third-order valence-electron chi connectivity index (χ3n) is 6.11. The number of para-hydroxylation sites is 2. The zero-order valence-corrected chi connectivity index (χ0v) is 18.2. The molecule has 0 unspecified atom stereocenters. The minimum atomic E-state index is 0.0424. The van der Waals surface area contributed by atoms with Crippen LogP contribution in [-0.4, -0.2) is 4.57 Å². The van der Waals surface area contributed by atoms with Gasteiger partial charge in [-0.05, 0) is 60.0 Å². The SMILES string of the molecule is Nc1c(N=Nc2ccc(-n3c4ccccc4c(=O)c4ccccc43)cc2)ccc2ccccc12. The van der Waals surface area contributed by atoms with E-state index in [0.29, 0.717) is 27.8 Å². The number of nitrogen functional groups attached to an aromatic ring is 1. The van der Waals surface area contributed by atoms with Gasteiger partial charge in [-0.1, -0.05) is 54.6 Å². The second-order valence-corrected chi connectivity index (χ2v) is 8.13. The highest BCUT2D eigenvalue weighted by Crippen LogP contribution is 2.32. The number of hydrogen-bond donors (Lipinski definition) is 1. The largest absolute Gasteiger partial charge is 0.396 e. The molecule has 5 nitrogen and oxygen atoms in total. The van der Waals surface area contributed by atoms with E-state index in [2.05, 4.69) is 14.8 Å². The predicted octanol–water partition coefficient (Wildman–Crippen LogP) is 7.29. The summed E-state index contributed by atoms with van der Waals surface area (Å²) in [5.74, 6) is 0. The Morgan fingerprint density at radius 1 is 0.588 bits per heavy atom. The van der Waals surface area contributed by atoms with Gasteiger partial charge in [0.05, 0.1) is 22.4 Å². The van der Waals surface area contributed by atoms with Crippen LogP contribution in [0.4, 0.5) is 17.1 Å². The maximum atomic E-state index is 13.0. The summed E-state index contributed by atoms with van der Waals surface area (Å²) in [7, 11) is 0. The van der Waals surface area contributed by atoms with E-state index in [9.17, 15) is 4.79 Å². The molecule has 0 aliphatic heterocycles. The Kier molecular flexibility index (Phi) is 4.66. The zero-order chi connectivity index (χ0) is 23.1. The van der Waals surface area contributed by atoms with E-state index in [1.807, 2.05) is 109 Å². The van der Waals surface area contributed by atoms with Crippen LogP contribution in [0.2, 0.25) is 0 Å². The van der Waals surface area contributed by atoms with Gasteiger partial charge in [0.15, 0.2) is 5.43 Å². The molecule has 162 valence electrons. The van der Waals surface area contributed by atoms with Crippen LogP contribution in [0, 0.1) is 0 Å². The van der Waals surface area contributed by atoms with Gasteiger partial charge in [-0.2, -0.15) is 5.11 Å². The lowest BCUT2D eigenvalue weighted by atomic mass is 10.1. The number of benzene rings is 5. The molecule has 0 saturated heterocycles. The Labute approximate surface area is 195 Å². The van der Waals surface area contributed by atoms with E-state index >= 15 is 0 Å². The maximum absolute atomic E-state index is 13.0. The maximum Gasteiger partial charge on any atom is 0.197 e. The normalized spacial score (nSPS) is 11.6. The van der Waals surface area contributed by atoms with Gasteiger partial charge < -0.3 is 10.3 Å². The van der Waals surface area contributed by atoms with E-state index in [0.717, 1.165) is 27.5 Å². The van der Waals surface area contributed by atoms with Gasteiger partial charge in [0, 0.05) is 21.8 Å². The van der Waals surface area contributed by atoms with Crippen molar-refractivity contribution in [1.29, 1.82) is 0 Å². The molecule has 2 N–H and O–H groups in total. The summed E-state index contributed by atoms with van der Waals surface area (Å²) in [5.41, 5.74) is 11.0. The van der Waals surface area contributed by atoms with Crippen molar-refractivity contribution < 1.29 is 0 Å². The molecule has 5 aromatic carbocycles. The lowest BCUT2D eigenvalue weighted by molar-refractivity contribution is 1.15. The molecule has 6 rings (SSSR count). The fourth-order valence-corrected chi connectivity index (χ4v) is 4.43. The van der Waals surface area contributed by atoms with Crippen LogP contribution in [0.1, 0.15) is 0 Å². The van der Waals surface area contributed by atoms with E-state index in [1.54, 1.807) is 0 Å². The molecule has 0 atom stereocenters. The van der Waals surface area contributed by atoms with Gasteiger partial charge in [-0.15, -0.1) is 5.11 Å². The number of hydrogen-bond acceptors (Lipinski definition) is 4. The van der Waals surface area contributed by atoms with E-state index < -0.39 is 0 Å². The molecule has 0 aliphatic carbocycles. The Balaban J connectivity index is 1.42. The number of azo groups is 1. The molecule has 1 heterocycles. The third-order valence-corrected chi connectivity index (χ3v) is 6.11. The molecule has 0 bridgehead atoms. The van der Waals surface area contributed by atoms with Gasteiger partial charge in [-0.3, -0.25) is 4.79 Å². The number of aromatic nitrogens is 1. The van der Waals surface area contributed by atoms with Gasteiger partial charge in [0.25, 0.3) is 0 Å². The molecule has 34 heavy (non-hydrogen) atoms. The summed E-state index contributed by atoms with van der Waals surface area (Å²) in [6, 6.07) is 35.0. The van der Waals surface area contributed by atoms with E-state index in [-0.39, 0.29) is 5.43 Å². The lowest BCUT2D eigenvalue weighted by Crippen LogP contribution is -2.10. The summed E-state index contributed by atoms with van der Waals surface area (Å²) in [5, 5.41) is 12.2. The van der Waals surface area contributed by atoms with Gasteiger partial charge in [0.1, 0.15) is 5.69 Å². The van der Waals surface area contributed by atoms with Crippen molar-refractivity contribution in [1.82, 2.24) is 4.57 Å². The Bertz CT molecular complexity index is 1720. The van der Waals surface area contributed by atoms with Crippen LogP contribution in [0.3, 0.4) is 0 Å². The highest BCUT2D eigenvalue weighted by atomic mass is 16.1. The number of anilines is 1. The van der Waals surface area contributed by atoms with Crippen molar-refractivity contribution in [2.45, 2.75) is 0 Å². The molecule has 0 saturated carbocycles. The van der Waals surface area contributed by atoms with Crippen molar-refractivity contribution in [2.75, 3.05) is 5.73 Å². The lowest BCUT2D eigenvalue weighted by Gasteiger charge is -2.15. The zero-order valence-electron chi connectivity index (χ0n) is 18.2. The van der Waals surface area contributed by atoms with Crippen molar-refractivity contribution >= 4 is 49.6 Å². The van der Waals surface area contributed by atoms with Gasteiger partial charge >= 0.3 is 0 Å². The number of pyridine rings is 1. The molecular formula is C29H20N4O. The van der Waals surface area contributed by atoms with E-state index in [4.69, 9.17) is 5.73 Å². The number of nitrogens with two attached hydrogens (primary N) is 1. The van der Waals surface area contributed by atoms with Crippen molar-refractivity contribution in [3.63, 3.8) is 0 Å². The highest BCUT2D eigenvalue weighted by molar-refractivity contribution is 5.98. The molecular weight excluding hydrogens is 420 g/mol. The quantitative estimate of drug-likeness (QED) is 0.178.